The van der Waals surface area contributed by atoms with Crippen LogP contribution >= 0.6 is 0 Å². The maximum Gasteiger partial charge on any atom is 0.337 e. The third kappa shape index (κ3) is 4.39. The van der Waals surface area contributed by atoms with E-state index >= 15 is 0 Å². The van der Waals surface area contributed by atoms with Gasteiger partial charge in [-0.1, -0.05) is 24.3 Å². The van der Waals surface area contributed by atoms with Gasteiger partial charge in [-0.2, -0.15) is 0 Å². The molecule has 3 aromatic rings. The maximum absolute atomic E-state index is 13.9. The summed E-state index contributed by atoms with van der Waals surface area (Å²) in [4.78, 5) is 31.9. The van der Waals surface area contributed by atoms with Gasteiger partial charge in [0.1, 0.15) is 17.4 Å². The van der Waals surface area contributed by atoms with Crippen LogP contribution in [-0.2, 0) is 19.1 Å². The highest BCUT2D eigenvalue weighted by atomic mass is 16.6. The molecular formula is C30H30N2O6. The molecule has 6 rings (SSSR count). The van der Waals surface area contributed by atoms with Crippen LogP contribution in [0.2, 0.25) is 0 Å². The van der Waals surface area contributed by atoms with E-state index in [0.29, 0.717) is 66.8 Å². The fourth-order valence-electron chi connectivity index (χ4n) is 5.93. The van der Waals surface area contributed by atoms with Gasteiger partial charge in [0.2, 0.25) is 0 Å². The van der Waals surface area contributed by atoms with Crippen molar-refractivity contribution < 1.29 is 28.2 Å². The first-order valence-electron chi connectivity index (χ1n) is 13.0. The highest BCUT2D eigenvalue weighted by Gasteiger charge is 2.42. The Labute approximate surface area is 220 Å². The molecule has 1 aliphatic carbocycles. The lowest BCUT2D eigenvalue weighted by atomic mass is 9.71. The number of para-hydroxylation sites is 1. The largest absolute Gasteiger partial charge is 0.496 e. The Morgan fingerprint density at radius 1 is 1.11 bits per heavy atom. The Kier molecular flexibility index (Phi) is 6.49. The Balaban J connectivity index is 1.41. The zero-order chi connectivity index (χ0) is 26.2. The molecule has 1 fully saturated rings. The number of carbonyl (C=O) groups excluding carboxylic acids is 2. The third-order valence-electron chi connectivity index (χ3n) is 7.76. The number of methoxy groups -OCH3 is 1. The Morgan fingerprint density at radius 3 is 2.74 bits per heavy atom. The smallest absolute Gasteiger partial charge is 0.337 e. The SMILES string of the molecule is COc1ccccc1C1CC(=O)C2=C(C1)NC(C)=C(C(=O)OC1CCOCC1)C2c1ccc2ocnc2c1. The molecule has 2 atom stereocenters. The quantitative estimate of drug-likeness (QED) is 0.479. The van der Waals surface area contributed by atoms with E-state index in [9.17, 15) is 9.59 Å². The lowest BCUT2D eigenvalue weighted by molar-refractivity contribution is -0.148. The van der Waals surface area contributed by atoms with Gasteiger partial charge in [0, 0.05) is 48.1 Å². The Hall–Kier alpha value is -3.91. The fourth-order valence-corrected chi connectivity index (χ4v) is 5.93. The molecule has 3 heterocycles. The van der Waals surface area contributed by atoms with E-state index in [-0.39, 0.29) is 17.8 Å². The van der Waals surface area contributed by atoms with Crippen molar-refractivity contribution in [1.29, 1.82) is 0 Å². The van der Waals surface area contributed by atoms with Crippen molar-refractivity contribution in [2.45, 2.75) is 50.5 Å². The van der Waals surface area contributed by atoms with Gasteiger partial charge >= 0.3 is 5.97 Å². The normalized spacial score (nSPS) is 22.3. The van der Waals surface area contributed by atoms with E-state index in [1.165, 1.54) is 6.39 Å². The number of esters is 1. The average Bonchev–Trinajstić information content (AvgIpc) is 3.40. The van der Waals surface area contributed by atoms with Crippen LogP contribution in [0.4, 0.5) is 0 Å². The van der Waals surface area contributed by atoms with Gasteiger partial charge in [0.15, 0.2) is 17.8 Å². The summed E-state index contributed by atoms with van der Waals surface area (Å²) in [6.07, 6.45) is 3.47. The molecule has 0 bridgehead atoms. The average molecular weight is 515 g/mol. The van der Waals surface area contributed by atoms with Crippen LogP contribution in [0.15, 0.2) is 75.8 Å². The molecule has 0 spiro atoms. The number of allylic oxidation sites excluding steroid dienone is 3. The molecule has 196 valence electrons. The number of ether oxygens (including phenoxy) is 3. The van der Waals surface area contributed by atoms with Crippen LogP contribution in [0.1, 0.15) is 55.6 Å². The minimum Gasteiger partial charge on any atom is -0.496 e. The number of aromatic nitrogens is 1. The molecule has 2 aromatic carbocycles. The molecule has 3 aliphatic rings. The number of dihydropyridines is 1. The molecule has 38 heavy (non-hydrogen) atoms. The van der Waals surface area contributed by atoms with Crippen molar-refractivity contribution in [3.63, 3.8) is 0 Å². The zero-order valence-electron chi connectivity index (χ0n) is 21.5. The van der Waals surface area contributed by atoms with Crippen LogP contribution in [0.5, 0.6) is 5.75 Å². The molecule has 0 saturated carbocycles. The van der Waals surface area contributed by atoms with Gasteiger partial charge in [-0.05, 0) is 42.7 Å². The summed E-state index contributed by atoms with van der Waals surface area (Å²) in [6.45, 7) is 3.01. The molecule has 2 unspecified atom stereocenters. The predicted octanol–water partition coefficient (Wildman–Crippen LogP) is 4.92. The first kappa shape index (κ1) is 24.4. The number of nitrogens with one attached hydrogen (secondary N) is 1. The molecule has 1 saturated heterocycles. The predicted molar refractivity (Wildman–Crippen MR) is 140 cm³/mol. The Bertz CT molecular complexity index is 1460. The van der Waals surface area contributed by atoms with Crippen molar-refractivity contribution >= 4 is 22.9 Å². The number of benzene rings is 2. The molecular weight excluding hydrogens is 484 g/mol. The van der Waals surface area contributed by atoms with Gasteiger partial charge in [0.05, 0.1) is 25.9 Å². The van der Waals surface area contributed by atoms with E-state index < -0.39 is 11.9 Å². The summed E-state index contributed by atoms with van der Waals surface area (Å²) in [6, 6.07) is 13.5. The van der Waals surface area contributed by atoms with Gasteiger partial charge in [-0.3, -0.25) is 4.79 Å². The molecule has 1 aromatic heterocycles. The van der Waals surface area contributed by atoms with E-state index in [2.05, 4.69) is 10.3 Å². The first-order chi connectivity index (χ1) is 18.5. The Morgan fingerprint density at radius 2 is 1.92 bits per heavy atom. The number of fused-ring (bicyclic) bond motifs is 1. The molecule has 0 radical (unpaired) electrons. The van der Waals surface area contributed by atoms with E-state index in [0.717, 1.165) is 22.6 Å². The van der Waals surface area contributed by atoms with Crippen LogP contribution in [0, 0.1) is 0 Å². The summed E-state index contributed by atoms with van der Waals surface area (Å²) in [5, 5.41) is 3.42. The standard InChI is InChI=1S/C30H30N2O6/c1-17-27(30(34)38-20-9-11-36-12-10-20)28(18-7-8-26-22(13-18)31-16-37-26)29-23(32-17)14-19(15-24(29)33)21-5-3-4-6-25(21)35-2/h3-8,13,16,19-20,28,32H,9-12,14-15H2,1-2H3. The summed E-state index contributed by atoms with van der Waals surface area (Å²) in [5.41, 5.74) is 5.74. The molecule has 8 heteroatoms. The monoisotopic (exact) mass is 514 g/mol. The van der Waals surface area contributed by atoms with E-state index in [1.807, 2.05) is 49.4 Å². The number of nitrogens with zero attached hydrogens (tertiary/aromatic N) is 1. The van der Waals surface area contributed by atoms with Crippen LogP contribution in [0.25, 0.3) is 11.1 Å². The zero-order valence-corrected chi connectivity index (χ0v) is 21.5. The summed E-state index contributed by atoms with van der Waals surface area (Å²) >= 11 is 0. The second kappa shape index (κ2) is 10.1. The van der Waals surface area contributed by atoms with E-state index in [1.54, 1.807) is 7.11 Å². The van der Waals surface area contributed by atoms with Crippen molar-refractivity contribution in [3.8, 4) is 5.75 Å². The minimum atomic E-state index is -0.564. The maximum atomic E-state index is 13.9. The van der Waals surface area contributed by atoms with Crippen LogP contribution in [-0.4, -0.2) is 43.2 Å². The number of hydrogen-bond donors (Lipinski definition) is 1. The molecule has 1 N–H and O–H groups in total. The number of oxazole rings is 1. The molecule has 8 nitrogen and oxygen atoms in total. The highest BCUT2D eigenvalue weighted by Crippen LogP contribution is 2.47. The van der Waals surface area contributed by atoms with Gasteiger partial charge < -0.3 is 23.9 Å². The van der Waals surface area contributed by atoms with Crippen molar-refractivity contribution in [2.24, 2.45) is 0 Å². The number of hydrogen-bond acceptors (Lipinski definition) is 8. The lowest BCUT2D eigenvalue weighted by Gasteiger charge is -2.37. The fraction of sp³-hybridized carbons (Fsp3) is 0.367. The van der Waals surface area contributed by atoms with Gasteiger partial charge in [0.25, 0.3) is 0 Å². The van der Waals surface area contributed by atoms with Gasteiger partial charge in [-0.25, -0.2) is 9.78 Å². The van der Waals surface area contributed by atoms with Crippen molar-refractivity contribution in [3.05, 3.63) is 82.5 Å². The number of ketones is 1. The highest BCUT2D eigenvalue weighted by molar-refractivity contribution is 6.04. The molecule has 2 aliphatic heterocycles. The van der Waals surface area contributed by atoms with Gasteiger partial charge in [-0.15, -0.1) is 0 Å². The van der Waals surface area contributed by atoms with Crippen molar-refractivity contribution in [2.75, 3.05) is 20.3 Å². The second-order valence-corrected chi connectivity index (χ2v) is 10.1. The summed E-state index contributed by atoms with van der Waals surface area (Å²) in [5.74, 6) is -0.230. The van der Waals surface area contributed by atoms with E-state index in [4.69, 9.17) is 18.6 Å². The van der Waals surface area contributed by atoms with Crippen LogP contribution < -0.4 is 10.1 Å². The summed E-state index contributed by atoms with van der Waals surface area (Å²) in [7, 11) is 1.65. The number of rotatable bonds is 5. The van der Waals surface area contributed by atoms with Crippen molar-refractivity contribution in [1.82, 2.24) is 10.3 Å². The second-order valence-electron chi connectivity index (χ2n) is 10.1. The topological polar surface area (TPSA) is 99.9 Å². The lowest BCUT2D eigenvalue weighted by Crippen LogP contribution is -2.37. The minimum absolute atomic E-state index is 0.00349. The third-order valence-corrected chi connectivity index (χ3v) is 7.76. The number of carbonyl (C=O) groups is 2. The molecule has 0 amide bonds. The van der Waals surface area contributed by atoms with Crippen LogP contribution in [0.3, 0.4) is 0 Å². The number of Topliss-reactive ketones (excluding diaryl/α,β-unsaturated/α-hetero) is 1. The first-order valence-corrected chi connectivity index (χ1v) is 13.0. The summed E-state index contributed by atoms with van der Waals surface area (Å²) < 4.78 is 22.4.